The largest absolute Gasteiger partial charge is 0.480 e. The molecule has 0 aromatic heterocycles. The minimum Gasteiger partial charge on any atom is -0.480 e. The number of nitrogens with one attached hydrogen (secondary N) is 1. The minimum atomic E-state index is -0.0962. The summed E-state index contributed by atoms with van der Waals surface area (Å²) in [6.45, 7) is 4.43. The summed E-state index contributed by atoms with van der Waals surface area (Å²) in [7, 11) is 0. The second kappa shape index (κ2) is 4.45. The molecule has 0 fully saturated rings. The molecule has 0 saturated carbocycles. The first kappa shape index (κ1) is 11.5. The predicted molar refractivity (Wildman–Crippen MR) is 66.8 cm³/mol. The highest BCUT2D eigenvalue weighted by Gasteiger charge is 2.19. The Labute approximate surface area is 103 Å². The van der Waals surface area contributed by atoms with Crippen LogP contribution in [0.3, 0.4) is 0 Å². The average molecular weight is 284 g/mol. The van der Waals surface area contributed by atoms with Crippen molar-refractivity contribution in [3.8, 4) is 5.75 Å². The van der Waals surface area contributed by atoms with E-state index in [2.05, 4.69) is 41.2 Å². The van der Waals surface area contributed by atoms with Gasteiger partial charge in [0, 0.05) is 0 Å². The van der Waals surface area contributed by atoms with Crippen molar-refractivity contribution in [1.29, 1.82) is 0 Å². The number of anilines is 1. The average Bonchev–Trinajstić information content (AvgIpc) is 2.15. The van der Waals surface area contributed by atoms with E-state index < -0.39 is 0 Å². The fraction of sp³-hybridized carbons (Fsp3) is 0.417. The van der Waals surface area contributed by atoms with Crippen molar-refractivity contribution in [2.45, 2.75) is 20.3 Å². The van der Waals surface area contributed by atoms with Crippen molar-refractivity contribution in [2.75, 3.05) is 11.9 Å². The van der Waals surface area contributed by atoms with Crippen LogP contribution in [0, 0.1) is 5.92 Å². The Morgan fingerprint density at radius 3 is 2.94 bits per heavy atom. The maximum absolute atomic E-state index is 11.2. The number of hydrogen-bond donors (Lipinski definition) is 1. The highest BCUT2D eigenvalue weighted by molar-refractivity contribution is 9.10. The molecule has 1 aliphatic rings. The SMILES string of the molecule is CC(C)Cc1cc(Br)c2c(c1)NC(=O)CO2. The maximum Gasteiger partial charge on any atom is 0.262 e. The number of benzene rings is 1. The van der Waals surface area contributed by atoms with Gasteiger partial charge in [-0.25, -0.2) is 0 Å². The molecule has 4 heteroatoms. The number of rotatable bonds is 2. The van der Waals surface area contributed by atoms with Crippen LogP contribution in [0.15, 0.2) is 16.6 Å². The van der Waals surface area contributed by atoms with Crippen molar-refractivity contribution in [1.82, 2.24) is 0 Å². The maximum atomic E-state index is 11.2. The molecule has 3 nitrogen and oxygen atoms in total. The zero-order valence-corrected chi connectivity index (χ0v) is 10.9. The van der Waals surface area contributed by atoms with Gasteiger partial charge in [0.2, 0.25) is 0 Å². The molecular formula is C12H14BrNO2. The molecule has 16 heavy (non-hydrogen) atoms. The van der Waals surface area contributed by atoms with Crippen LogP contribution in [0.1, 0.15) is 19.4 Å². The van der Waals surface area contributed by atoms with Gasteiger partial charge in [0.05, 0.1) is 10.2 Å². The fourth-order valence-electron chi connectivity index (χ4n) is 1.80. The van der Waals surface area contributed by atoms with E-state index in [0.717, 1.165) is 22.3 Å². The lowest BCUT2D eigenvalue weighted by molar-refractivity contribution is -0.118. The lowest BCUT2D eigenvalue weighted by Gasteiger charge is -2.20. The fourth-order valence-corrected chi connectivity index (χ4v) is 2.42. The zero-order chi connectivity index (χ0) is 11.7. The van der Waals surface area contributed by atoms with E-state index >= 15 is 0 Å². The Balaban J connectivity index is 2.35. The van der Waals surface area contributed by atoms with E-state index in [1.165, 1.54) is 5.56 Å². The normalized spacial score (nSPS) is 14.4. The van der Waals surface area contributed by atoms with Crippen LogP contribution >= 0.6 is 15.9 Å². The predicted octanol–water partition coefficient (Wildman–Crippen LogP) is 2.98. The van der Waals surface area contributed by atoms with Gasteiger partial charge in [-0.1, -0.05) is 13.8 Å². The molecular weight excluding hydrogens is 270 g/mol. The van der Waals surface area contributed by atoms with Crippen LogP contribution in [0.4, 0.5) is 5.69 Å². The first-order valence-electron chi connectivity index (χ1n) is 5.31. The molecule has 2 rings (SSSR count). The Morgan fingerprint density at radius 2 is 2.25 bits per heavy atom. The molecule has 0 unspecified atom stereocenters. The summed E-state index contributed by atoms with van der Waals surface area (Å²) in [6, 6.07) is 4.04. The van der Waals surface area contributed by atoms with Gasteiger partial charge in [-0.05, 0) is 46.0 Å². The Hall–Kier alpha value is -1.03. The smallest absolute Gasteiger partial charge is 0.262 e. The van der Waals surface area contributed by atoms with E-state index in [9.17, 15) is 4.79 Å². The summed E-state index contributed by atoms with van der Waals surface area (Å²) in [6.07, 6.45) is 0.988. The molecule has 1 heterocycles. The molecule has 0 atom stereocenters. The summed E-state index contributed by atoms with van der Waals surface area (Å²) < 4.78 is 6.27. The summed E-state index contributed by atoms with van der Waals surface area (Å²) in [4.78, 5) is 11.2. The number of carbonyl (C=O) groups is 1. The van der Waals surface area contributed by atoms with Crippen molar-refractivity contribution in [2.24, 2.45) is 5.92 Å². The molecule has 1 aromatic rings. The van der Waals surface area contributed by atoms with Gasteiger partial charge in [0.25, 0.3) is 5.91 Å². The molecule has 0 bridgehead atoms. The van der Waals surface area contributed by atoms with E-state index in [0.29, 0.717) is 5.92 Å². The van der Waals surface area contributed by atoms with Crippen molar-refractivity contribution < 1.29 is 9.53 Å². The second-order valence-electron chi connectivity index (χ2n) is 4.39. The van der Waals surface area contributed by atoms with Gasteiger partial charge >= 0.3 is 0 Å². The zero-order valence-electron chi connectivity index (χ0n) is 9.34. The van der Waals surface area contributed by atoms with Crippen LogP contribution in [0.5, 0.6) is 5.75 Å². The molecule has 0 saturated heterocycles. The monoisotopic (exact) mass is 283 g/mol. The Bertz CT molecular complexity index is 429. The van der Waals surface area contributed by atoms with Crippen molar-refractivity contribution in [3.05, 3.63) is 22.2 Å². The lowest BCUT2D eigenvalue weighted by Crippen LogP contribution is -2.25. The first-order chi connectivity index (χ1) is 7.56. The topological polar surface area (TPSA) is 38.3 Å². The highest BCUT2D eigenvalue weighted by Crippen LogP contribution is 2.37. The third-order valence-electron chi connectivity index (χ3n) is 2.37. The van der Waals surface area contributed by atoms with Crippen LogP contribution in [0.2, 0.25) is 0 Å². The molecule has 1 aliphatic heterocycles. The van der Waals surface area contributed by atoms with Crippen molar-refractivity contribution >= 4 is 27.5 Å². The molecule has 0 spiro atoms. The molecule has 1 N–H and O–H groups in total. The summed E-state index contributed by atoms with van der Waals surface area (Å²) in [5, 5.41) is 2.82. The van der Waals surface area contributed by atoms with Gasteiger partial charge in [-0.3, -0.25) is 4.79 Å². The van der Waals surface area contributed by atoms with Crippen LogP contribution < -0.4 is 10.1 Å². The molecule has 0 aliphatic carbocycles. The van der Waals surface area contributed by atoms with Crippen LogP contribution in [-0.4, -0.2) is 12.5 Å². The Morgan fingerprint density at radius 1 is 1.50 bits per heavy atom. The van der Waals surface area contributed by atoms with E-state index in [-0.39, 0.29) is 12.5 Å². The van der Waals surface area contributed by atoms with Gasteiger partial charge in [0.1, 0.15) is 0 Å². The number of ether oxygens (including phenoxy) is 1. The first-order valence-corrected chi connectivity index (χ1v) is 6.10. The summed E-state index contributed by atoms with van der Waals surface area (Å²) in [5.74, 6) is 1.22. The van der Waals surface area contributed by atoms with E-state index in [4.69, 9.17) is 4.74 Å². The third-order valence-corrected chi connectivity index (χ3v) is 2.96. The van der Waals surface area contributed by atoms with Gasteiger partial charge < -0.3 is 10.1 Å². The summed E-state index contributed by atoms with van der Waals surface area (Å²) in [5.41, 5.74) is 1.97. The van der Waals surface area contributed by atoms with Gasteiger partial charge in [0.15, 0.2) is 12.4 Å². The standard InChI is InChI=1S/C12H14BrNO2/c1-7(2)3-8-4-9(13)12-10(5-8)14-11(15)6-16-12/h4-5,7H,3,6H2,1-2H3,(H,14,15). The number of hydrogen-bond acceptors (Lipinski definition) is 2. The lowest BCUT2D eigenvalue weighted by atomic mass is 10.0. The number of fused-ring (bicyclic) bond motifs is 1. The van der Waals surface area contributed by atoms with Crippen LogP contribution in [-0.2, 0) is 11.2 Å². The van der Waals surface area contributed by atoms with Gasteiger partial charge in [-0.15, -0.1) is 0 Å². The van der Waals surface area contributed by atoms with Crippen molar-refractivity contribution in [3.63, 3.8) is 0 Å². The number of carbonyl (C=O) groups excluding carboxylic acids is 1. The molecule has 86 valence electrons. The third kappa shape index (κ3) is 2.38. The van der Waals surface area contributed by atoms with E-state index in [1.54, 1.807) is 0 Å². The number of amides is 1. The minimum absolute atomic E-state index is 0.0924. The second-order valence-corrected chi connectivity index (χ2v) is 5.24. The quantitative estimate of drug-likeness (QED) is 0.906. The highest BCUT2D eigenvalue weighted by atomic mass is 79.9. The van der Waals surface area contributed by atoms with Crippen LogP contribution in [0.25, 0.3) is 0 Å². The Kier molecular flexibility index (Phi) is 3.19. The van der Waals surface area contributed by atoms with Gasteiger partial charge in [-0.2, -0.15) is 0 Å². The van der Waals surface area contributed by atoms with E-state index in [1.807, 2.05) is 6.07 Å². The molecule has 0 radical (unpaired) electrons. The summed E-state index contributed by atoms with van der Waals surface area (Å²) >= 11 is 3.47. The molecule has 1 amide bonds. The molecule has 1 aromatic carbocycles. The number of halogens is 1.